The van der Waals surface area contributed by atoms with Gasteiger partial charge in [0.2, 0.25) is 0 Å². The van der Waals surface area contributed by atoms with Crippen LogP contribution < -0.4 is 5.32 Å². The predicted molar refractivity (Wildman–Crippen MR) is 68.8 cm³/mol. The third-order valence-electron chi connectivity index (χ3n) is 2.64. The summed E-state index contributed by atoms with van der Waals surface area (Å²) in [6.45, 7) is 8.06. The third kappa shape index (κ3) is 4.84. The summed E-state index contributed by atoms with van der Waals surface area (Å²) in [5, 5.41) is 3.33. The number of ether oxygens (including phenoxy) is 1. The van der Waals surface area contributed by atoms with Crippen molar-refractivity contribution in [1.82, 2.24) is 5.32 Å². The van der Waals surface area contributed by atoms with Gasteiger partial charge in [0.25, 0.3) is 0 Å². The van der Waals surface area contributed by atoms with Crippen LogP contribution in [0.2, 0.25) is 0 Å². The van der Waals surface area contributed by atoms with Crippen LogP contribution in [0.3, 0.4) is 0 Å². The Morgan fingerprint density at radius 2 is 2.00 bits per heavy atom. The highest BCUT2D eigenvalue weighted by molar-refractivity contribution is 5.22. The van der Waals surface area contributed by atoms with Crippen LogP contribution in [0.5, 0.6) is 0 Å². The van der Waals surface area contributed by atoms with Crippen molar-refractivity contribution < 1.29 is 9.13 Å². The van der Waals surface area contributed by atoms with Gasteiger partial charge in [0, 0.05) is 25.1 Å². The lowest BCUT2D eigenvalue weighted by molar-refractivity contribution is 0.130. The standard InChI is InChI=1S/C14H22FNO/c1-4-17-10-12(9-16-11(2)3)13-7-5-6-8-14(13)15/h5-8,11-12,16H,4,9-10H2,1-3H3. The largest absolute Gasteiger partial charge is 0.381 e. The molecule has 0 saturated carbocycles. The summed E-state index contributed by atoms with van der Waals surface area (Å²) in [6.07, 6.45) is 0. The van der Waals surface area contributed by atoms with Gasteiger partial charge in [0.1, 0.15) is 5.82 Å². The molecule has 2 nitrogen and oxygen atoms in total. The quantitative estimate of drug-likeness (QED) is 0.790. The molecule has 0 amide bonds. The van der Waals surface area contributed by atoms with Crippen molar-refractivity contribution in [2.24, 2.45) is 0 Å². The Morgan fingerprint density at radius 3 is 2.59 bits per heavy atom. The number of nitrogens with one attached hydrogen (secondary N) is 1. The molecule has 1 aromatic rings. The molecule has 0 bridgehead atoms. The minimum Gasteiger partial charge on any atom is -0.381 e. The van der Waals surface area contributed by atoms with Crippen LogP contribution in [0.4, 0.5) is 4.39 Å². The van der Waals surface area contributed by atoms with Gasteiger partial charge in [-0.1, -0.05) is 32.0 Å². The van der Waals surface area contributed by atoms with Gasteiger partial charge in [-0.25, -0.2) is 4.39 Å². The summed E-state index contributed by atoms with van der Waals surface area (Å²) in [5.41, 5.74) is 0.731. The zero-order valence-electron chi connectivity index (χ0n) is 10.9. The Labute approximate surface area is 103 Å². The summed E-state index contributed by atoms with van der Waals surface area (Å²) in [7, 11) is 0. The monoisotopic (exact) mass is 239 g/mol. The van der Waals surface area contributed by atoms with Crippen LogP contribution >= 0.6 is 0 Å². The van der Waals surface area contributed by atoms with Crippen molar-refractivity contribution in [3.05, 3.63) is 35.6 Å². The van der Waals surface area contributed by atoms with Crippen molar-refractivity contribution >= 4 is 0 Å². The maximum absolute atomic E-state index is 13.7. The minimum atomic E-state index is -0.150. The van der Waals surface area contributed by atoms with E-state index in [4.69, 9.17) is 4.74 Å². The smallest absolute Gasteiger partial charge is 0.126 e. The number of hydrogen-bond acceptors (Lipinski definition) is 2. The van der Waals surface area contributed by atoms with Crippen LogP contribution in [0.15, 0.2) is 24.3 Å². The molecule has 1 atom stereocenters. The molecule has 0 spiro atoms. The minimum absolute atomic E-state index is 0.0681. The number of rotatable bonds is 7. The second kappa shape index (κ2) is 7.41. The Bertz CT molecular complexity index is 328. The Hall–Kier alpha value is -0.930. The highest BCUT2D eigenvalue weighted by Gasteiger charge is 2.15. The van der Waals surface area contributed by atoms with E-state index >= 15 is 0 Å². The highest BCUT2D eigenvalue weighted by Crippen LogP contribution is 2.19. The van der Waals surface area contributed by atoms with Crippen LogP contribution in [-0.4, -0.2) is 25.8 Å². The maximum atomic E-state index is 13.7. The average molecular weight is 239 g/mol. The van der Waals surface area contributed by atoms with Crippen LogP contribution in [-0.2, 0) is 4.74 Å². The van der Waals surface area contributed by atoms with E-state index in [1.165, 1.54) is 6.07 Å². The molecule has 1 aromatic carbocycles. The van der Waals surface area contributed by atoms with Crippen LogP contribution in [0.1, 0.15) is 32.3 Å². The second-order valence-electron chi connectivity index (χ2n) is 4.44. The van der Waals surface area contributed by atoms with E-state index in [-0.39, 0.29) is 11.7 Å². The lowest BCUT2D eigenvalue weighted by atomic mass is 9.99. The SMILES string of the molecule is CCOCC(CNC(C)C)c1ccccc1F. The molecule has 0 fully saturated rings. The molecular formula is C14H22FNO. The normalized spacial score (nSPS) is 13.0. The van der Waals surface area contributed by atoms with Crippen molar-refractivity contribution in [3.8, 4) is 0 Å². The Kier molecular flexibility index (Phi) is 6.16. The molecule has 0 saturated heterocycles. The molecule has 1 N–H and O–H groups in total. The summed E-state index contributed by atoms with van der Waals surface area (Å²) in [4.78, 5) is 0. The zero-order chi connectivity index (χ0) is 12.7. The maximum Gasteiger partial charge on any atom is 0.126 e. The van der Waals surface area contributed by atoms with Crippen molar-refractivity contribution in [2.75, 3.05) is 19.8 Å². The Balaban J connectivity index is 2.71. The molecule has 1 rings (SSSR count). The van der Waals surface area contributed by atoms with E-state index < -0.39 is 0 Å². The summed E-state index contributed by atoms with van der Waals surface area (Å²) in [6, 6.07) is 7.31. The molecule has 3 heteroatoms. The highest BCUT2D eigenvalue weighted by atomic mass is 19.1. The van der Waals surface area contributed by atoms with Gasteiger partial charge >= 0.3 is 0 Å². The number of hydrogen-bond donors (Lipinski definition) is 1. The first-order valence-electron chi connectivity index (χ1n) is 6.20. The van der Waals surface area contributed by atoms with E-state index in [0.717, 1.165) is 12.1 Å². The van der Waals surface area contributed by atoms with Gasteiger partial charge in [-0.15, -0.1) is 0 Å². The van der Waals surface area contributed by atoms with Gasteiger partial charge in [0.15, 0.2) is 0 Å². The van der Waals surface area contributed by atoms with Crippen molar-refractivity contribution in [1.29, 1.82) is 0 Å². The summed E-state index contributed by atoms with van der Waals surface area (Å²) < 4.78 is 19.1. The summed E-state index contributed by atoms with van der Waals surface area (Å²) in [5.74, 6) is -0.0821. The second-order valence-corrected chi connectivity index (χ2v) is 4.44. The molecule has 0 aromatic heterocycles. The first-order valence-corrected chi connectivity index (χ1v) is 6.20. The molecule has 0 aliphatic rings. The molecule has 96 valence electrons. The fourth-order valence-electron chi connectivity index (χ4n) is 1.70. The predicted octanol–water partition coefficient (Wildman–Crippen LogP) is 2.94. The molecule has 17 heavy (non-hydrogen) atoms. The van der Waals surface area contributed by atoms with E-state index in [9.17, 15) is 4.39 Å². The topological polar surface area (TPSA) is 21.3 Å². The van der Waals surface area contributed by atoms with Gasteiger partial charge in [-0.2, -0.15) is 0 Å². The first-order chi connectivity index (χ1) is 8.15. The fraction of sp³-hybridized carbons (Fsp3) is 0.571. The molecule has 1 unspecified atom stereocenters. The number of benzene rings is 1. The van der Waals surface area contributed by atoms with Crippen molar-refractivity contribution in [3.63, 3.8) is 0 Å². The van der Waals surface area contributed by atoms with Crippen LogP contribution in [0, 0.1) is 5.82 Å². The molecule has 0 radical (unpaired) electrons. The molecule has 0 aliphatic carbocycles. The van der Waals surface area contributed by atoms with E-state index in [1.807, 2.05) is 19.1 Å². The van der Waals surface area contributed by atoms with Crippen LogP contribution in [0.25, 0.3) is 0 Å². The van der Waals surface area contributed by atoms with Gasteiger partial charge < -0.3 is 10.1 Å². The third-order valence-corrected chi connectivity index (χ3v) is 2.64. The molecule has 0 heterocycles. The lowest BCUT2D eigenvalue weighted by Gasteiger charge is -2.20. The van der Waals surface area contributed by atoms with E-state index in [0.29, 0.717) is 19.3 Å². The van der Waals surface area contributed by atoms with Crippen molar-refractivity contribution in [2.45, 2.75) is 32.7 Å². The zero-order valence-corrected chi connectivity index (χ0v) is 10.9. The van der Waals surface area contributed by atoms with Gasteiger partial charge in [-0.05, 0) is 18.6 Å². The van der Waals surface area contributed by atoms with Gasteiger partial charge in [0.05, 0.1) is 6.61 Å². The van der Waals surface area contributed by atoms with E-state index in [1.54, 1.807) is 6.07 Å². The molecular weight excluding hydrogens is 217 g/mol. The lowest BCUT2D eigenvalue weighted by Crippen LogP contribution is -2.30. The number of halogens is 1. The van der Waals surface area contributed by atoms with E-state index in [2.05, 4.69) is 19.2 Å². The summed E-state index contributed by atoms with van der Waals surface area (Å²) >= 11 is 0. The van der Waals surface area contributed by atoms with Gasteiger partial charge in [-0.3, -0.25) is 0 Å². The first kappa shape index (κ1) is 14.1. The Morgan fingerprint density at radius 1 is 1.29 bits per heavy atom. The average Bonchev–Trinajstić information content (AvgIpc) is 2.30. The molecule has 0 aliphatic heterocycles. The fourth-order valence-corrected chi connectivity index (χ4v) is 1.70.